The number of alkyl carbamates (subject to hydrolysis) is 1. The van der Waals surface area contributed by atoms with E-state index in [1.165, 1.54) is 0 Å². The van der Waals surface area contributed by atoms with Crippen molar-refractivity contribution in [3.63, 3.8) is 0 Å². The van der Waals surface area contributed by atoms with E-state index in [4.69, 9.17) is 18.8 Å². The Hall–Kier alpha value is -1.51. The van der Waals surface area contributed by atoms with Gasteiger partial charge in [-0.05, 0) is 66.1 Å². The fourth-order valence-corrected chi connectivity index (χ4v) is 3.03. The maximum Gasteiger partial charge on any atom is 0.492 e. The summed E-state index contributed by atoms with van der Waals surface area (Å²) in [6, 6.07) is 5.74. The number of rotatable bonds is 5. The van der Waals surface area contributed by atoms with Crippen LogP contribution < -0.4 is 10.1 Å². The van der Waals surface area contributed by atoms with Gasteiger partial charge in [0.2, 0.25) is 0 Å². The first kappa shape index (κ1) is 23.8. The van der Waals surface area contributed by atoms with E-state index in [0.29, 0.717) is 5.75 Å². The largest absolute Gasteiger partial charge is 0.496 e. The van der Waals surface area contributed by atoms with E-state index < -0.39 is 30.0 Å². The molecule has 1 aliphatic heterocycles. The second-order valence-electron chi connectivity index (χ2n) is 9.05. The van der Waals surface area contributed by atoms with Crippen molar-refractivity contribution in [2.45, 2.75) is 65.3 Å². The maximum atomic E-state index is 12.2. The van der Waals surface area contributed by atoms with Crippen molar-refractivity contribution in [3.05, 3.63) is 33.7 Å². The van der Waals surface area contributed by atoms with Crippen LogP contribution in [0.2, 0.25) is 0 Å². The SMILES string of the molecule is COc1cc(Br)ccc1C=C(CNC(=O)OC(C)(C)C)B1OC(C)(C)C(C)(C)O1. The molecule has 1 aromatic rings. The third kappa shape index (κ3) is 6.23. The Morgan fingerprint density at radius 3 is 2.31 bits per heavy atom. The molecule has 0 spiro atoms. The summed E-state index contributed by atoms with van der Waals surface area (Å²) in [5.41, 5.74) is 0.0492. The van der Waals surface area contributed by atoms with E-state index >= 15 is 0 Å². The van der Waals surface area contributed by atoms with Crippen molar-refractivity contribution >= 4 is 35.2 Å². The topological polar surface area (TPSA) is 66.0 Å². The Balaban J connectivity index is 2.33. The maximum absolute atomic E-state index is 12.2. The van der Waals surface area contributed by atoms with Gasteiger partial charge in [-0.2, -0.15) is 0 Å². The number of methoxy groups -OCH3 is 1. The molecule has 1 heterocycles. The molecule has 2 rings (SSSR count). The van der Waals surface area contributed by atoms with Crippen molar-refractivity contribution in [1.29, 1.82) is 0 Å². The number of halogens is 1. The van der Waals surface area contributed by atoms with Gasteiger partial charge < -0.3 is 24.1 Å². The highest BCUT2D eigenvalue weighted by atomic mass is 79.9. The van der Waals surface area contributed by atoms with Crippen molar-refractivity contribution < 1.29 is 23.6 Å². The molecule has 1 saturated heterocycles. The molecular formula is C21H31BBrNO5. The van der Waals surface area contributed by atoms with E-state index in [0.717, 1.165) is 15.5 Å². The summed E-state index contributed by atoms with van der Waals surface area (Å²) in [5, 5.41) is 2.80. The van der Waals surface area contributed by atoms with Gasteiger partial charge in [-0.3, -0.25) is 0 Å². The molecule has 6 nitrogen and oxygen atoms in total. The molecule has 1 N–H and O–H groups in total. The number of carbonyl (C=O) groups is 1. The van der Waals surface area contributed by atoms with Gasteiger partial charge in [0.1, 0.15) is 11.4 Å². The van der Waals surface area contributed by atoms with Gasteiger partial charge in [0.25, 0.3) is 0 Å². The van der Waals surface area contributed by atoms with E-state index in [1.807, 2.05) is 72.7 Å². The van der Waals surface area contributed by atoms with E-state index in [1.54, 1.807) is 7.11 Å². The second kappa shape index (κ2) is 8.70. The first-order valence-corrected chi connectivity index (χ1v) is 10.4. The normalized spacial score (nSPS) is 18.5. The monoisotopic (exact) mass is 467 g/mol. The standard InChI is InChI=1S/C21H31BBrNO5/c1-19(2,3)27-18(25)24-13-15(22-28-20(4,5)21(6,7)29-22)11-14-9-10-16(23)12-17(14)26-8/h9-12H,13H2,1-8H3,(H,24,25). The Bertz CT molecular complexity index is 770. The van der Waals surface area contributed by atoms with E-state index in [-0.39, 0.29) is 6.54 Å². The van der Waals surface area contributed by atoms with Crippen LogP contribution in [0.1, 0.15) is 54.0 Å². The first-order valence-electron chi connectivity index (χ1n) is 9.60. The van der Waals surface area contributed by atoms with Crippen molar-refractivity contribution in [2.24, 2.45) is 0 Å². The smallest absolute Gasteiger partial charge is 0.492 e. The zero-order chi connectivity index (χ0) is 22.0. The number of nitrogens with one attached hydrogen (secondary N) is 1. The summed E-state index contributed by atoms with van der Waals surface area (Å²) in [6.07, 6.45) is 1.42. The fourth-order valence-electron chi connectivity index (χ4n) is 2.69. The lowest BCUT2D eigenvalue weighted by Crippen LogP contribution is -2.41. The molecule has 1 aliphatic rings. The highest BCUT2D eigenvalue weighted by Gasteiger charge is 2.52. The van der Waals surface area contributed by atoms with Crippen LogP contribution in [0.15, 0.2) is 28.1 Å². The quantitative estimate of drug-likeness (QED) is 0.617. The summed E-state index contributed by atoms with van der Waals surface area (Å²) >= 11 is 3.45. The summed E-state index contributed by atoms with van der Waals surface area (Å²) in [7, 11) is 1.01. The molecule has 0 aliphatic carbocycles. The van der Waals surface area contributed by atoms with Crippen LogP contribution in [0.4, 0.5) is 4.79 Å². The van der Waals surface area contributed by atoms with Crippen LogP contribution in [0, 0.1) is 0 Å². The summed E-state index contributed by atoms with van der Waals surface area (Å²) in [6.45, 7) is 13.7. The van der Waals surface area contributed by atoms with Crippen LogP contribution in [-0.4, -0.2) is 43.7 Å². The minimum atomic E-state index is -0.608. The van der Waals surface area contributed by atoms with Crippen molar-refractivity contribution in [2.75, 3.05) is 13.7 Å². The Morgan fingerprint density at radius 2 is 1.79 bits per heavy atom. The lowest BCUT2D eigenvalue weighted by atomic mass is 9.77. The predicted molar refractivity (Wildman–Crippen MR) is 119 cm³/mol. The van der Waals surface area contributed by atoms with Gasteiger partial charge in [0.05, 0.1) is 18.3 Å². The van der Waals surface area contributed by atoms with Crippen molar-refractivity contribution in [1.82, 2.24) is 5.32 Å². The zero-order valence-electron chi connectivity index (χ0n) is 18.5. The molecule has 8 heteroatoms. The second-order valence-corrected chi connectivity index (χ2v) is 9.96. The van der Waals surface area contributed by atoms with Crippen LogP contribution in [0.5, 0.6) is 5.75 Å². The highest BCUT2D eigenvalue weighted by Crippen LogP contribution is 2.39. The Labute approximate surface area is 182 Å². The van der Waals surface area contributed by atoms with E-state index in [2.05, 4.69) is 21.2 Å². The van der Waals surface area contributed by atoms with Crippen LogP contribution in [0.3, 0.4) is 0 Å². The molecule has 0 bridgehead atoms. The lowest BCUT2D eigenvalue weighted by molar-refractivity contribution is 0.00578. The first-order chi connectivity index (χ1) is 13.2. The van der Waals surface area contributed by atoms with Gasteiger partial charge in [-0.1, -0.05) is 28.1 Å². The minimum Gasteiger partial charge on any atom is -0.496 e. The summed E-state index contributed by atoms with van der Waals surface area (Å²) in [4.78, 5) is 12.2. The number of carbonyl (C=O) groups excluding carboxylic acids is 1. The number of hydrogen-bond donors (Lipinski definition) is 1. The van der Waals surface area contributed by atoms with Crippen LogP contribution >= 0.6 is 15.9 Å². The number of benzene rings is 1. The van der Waals surface area contributed by atoms with Crippen LogP contribution in [0.25, 0.3) is 6.08 Å². The molecule has 1 aromatic carbocycles. The third-order valence-corrected chi connectivity index (χ3v) is 5.42. The molecular weight excluding hydrogens is 437 g/mol. The number of amides is 1. The zero-order valence-corrected chi connectivity index (χ0v) is 20.1. The van der Waals surface area contributed by atoms with Crippen molar-refractivity contribution in [3.8, 4) is 5.75 Å². The van der Waals surface area contributed by atoms with E-state index in [9.17, 15) is 4.79 Å². The minimum absolute atomic E-state index is 0.213. The Kier molecular flexibility index (Phi) is 7.13. The molecule has 0 radical (unpaired) electrons. The molecule has 1 fully saturated rings. The molecule has 1 amide bonds. The van der Waals surface area contributed by atoms with Gasteiger partial charge in [0, 0.05) is 16.6 Å². The molecule has 29 heavy (non-hydrogen) atoms. The Morgan fingerprint density at radius 1 is 1.21 bits per heavy atom. The van der Waals surface area contributed by atoms with Gasteiger partial charge in [-0.15, -0.1) is 0 Å². The van der Waals surface area contributed by atoms with Crippen LogP contribution in [-0.2, 0) is 14.0 Å². The average Bonchev–Trinajstić information content (AvgIpc) is 2.78. The summed E-state index contributed by atoms with van der Waals surface area (Å²) < 4.78 is 24.2. The molecule has 160 valence electrons. The van der Waals surface area contributed by atoms with Gasteiger partial charge in [-0.25, -0.2) is 4.79 Å². The summed E-state index contributed by atoms with van der Waals surface area (Å²) in [5.74, 6) is 0.700. The fraction of sp³-hybridized carbons (Fsp3) is 0.571. The van der Waals surface area contributed by atoms with Gasteiger partial charge >= 0.3 is 13.2 Å². The third-order valence-electron chi connectivity index (χ3n) is 4.93. The molecule has 0 unspecified atom stereocenters. The molecule has 0 atom stereocenters. The highest BCUT2D eigenvalue weighted by molar-refractivity contribution is 9.10. The predicted octanol–water partition coefficient (Wildman–Crippen LogP) is 5.00. The lowest BCUT2D eigenvalue weighted by Gasteiger charge is -2.32. The average molecular weight is 468 g/mol. The molecule has 0 aromatic heterocycles. The number of hydrogen-bond acceptors (Lipinski definition) is 5. The number of ether oxygens (including phenoxy) is 2. The molecule has 0 saturated carbocycles. The van der Waals surface area contributed by atoms with Gasteiger partial charge in [0.15, 0.2) is 0 Å².